The van der Waals surface area contributed by atoms with Gasteiger partial charge in [-0.1, -0.05) is 0 Å². The van der Waals surface area contributed by atoms with E-state index in [1.165, 1.54) is 21.3 Å². The van der Waals surface area contributed by atoms with Crippen LogP contribution in [0.15, 0.2) is 17.5 Å². The van der Waals surface area contributed by atoms with Crippen LogP contribution < -0.4 is 24.8 Å². The second kappa shape index (κ2) is 9.90. The average molecular weight is 408 g/mol. The molecule has 152 valence electrons. The third-order valence-corrected chi connectivity index (χ3v) is 4.50. The molecule has 0 aliphatic rings. The summed E-state index contributed by atoms with van der Waals surface area (Å²) < 4.78 is 15.8. The van der Waals surface area contributed by atoms with E-state index in [4.69, 9.17) is 14.2 Å². The first-order valence-electron chi connectivity index (χ1n) is 8.39. The van der Waals surface area contributed by atoms with Crippen LogP contribution in [0, 0.1) is 0 Å². The summed E-state index contributed by atoms with van der Waals surface area (Å²) in [6.45, 7) is 1.22. The molecule has 0 atom stereocenters. The molecule has 2 amide bonds. The largest absolute Gasteiger partial charge is 0.496 e. The summed E-state index contributed by atoms with van der Waals surface area (Å²) in [6, 6.07) is 3.17. The highest BCUT2D eigenvalue weighted by atomic mass is 32.1. The minimum Gasteiger partial charge on any atom is -0.496 e. The quantitative estimate of drug-likeness (QED) is 0.651. The van der Waals surface area contributed by atoms with Crippen LogP contribution in [0.25, 0.3) is 0 Å². The number of carbonyl (C=O) groups is 2. The highest BCUT2D eigenvalue weighted by Crippen LogP contribution is 2.34. The Morgan fingerprint density at radius 1 is 1.07 bits per heavy atom. The third kappa shape index (κ3) is 5.33. The lowest BCUT2D eigenvalue weighted by atomic mass is 10.1. The number of thiazole rings is 1. The number of benzene rings is 1. The molecule has 0 fully saturated rings. The van der Waals surface area contributed by atoms with Gasteiger partial charge in [-0.3, -0.25) is 14.9 Å². The van der Waals surface area contributed by atoms with Crippen molar-refractivity contribution >= 4 is 28.3 Å². The Kier molecular flexibility index (Phi) is 7.59. The van der Waals surface area contributed by atoms with E-state index in [2.05, 4.69) is 15.6 Å². The number of anilines is 1. The number of likely N-dealkylation sites (N-methyl/N-ethyl adjacent to an activating group) is 1. The molecule has 1 aromatic heterocycles. The fourth-order valence-corrected chi connectivity index (χ4v) is 2.99. The van der Waals surface area contributed by atoms with Gasteiger partial charge >= 0.3 is 0 Å². The first kappa shape index (κ1) is 21.5. The smallest absolute Gasteiger partial charge is 0.270 e. The second-order valence-corrected chi connectivity index (χ2v) is 6.82. The molecule has 2 rings (SSSR count). The van der Waals surface area contributed by atoms with Gasteiger partial charge in [-0.15, -0.1) is 11.3 Å². The molecule has 0 aliphatic carbocycles. The van der Waals surface area contributed by atoms with Gasteiger partial charge < -0.3 is 24.4 Å². The van der Waals surface area contributed by atoms with Crippen molar-refractivity contribution < 1.29 is 23.8 Å². The van der Waals surface area contributed by atoms with Crippen LogP contribution in [0.3, 0.4) is 0 Å². The third-order valence-electron chi connectivity index (χ3n) is 3.74. The molecular weight excluding hydrogens is 384 g/mol. The molecule has 0 radical (unpaired) electrons. The zero-order valence-corrected chi connectivity index (χ0v) is 17.3. The summed E-state index contributed by atoms with van der Waals surface area (Å²) in [7, 11) is 8.25. The van der Waals surface area contributed by atoms with Crippen molar-refractivity contribution in [2.24, 2.45) is 0 Å². The SMILES string of the molecule is COc1cc(OC)c(C(=O)Nc2nc(C(=O)NCCN(C)C)cs2)c(OC)c1. The zero-order chi connectivity index (χ0) is 20.7. The minimum absolute atomic E-state index is 0.206. The summed E-state index contributed by atoms with van der Waals surface area (Å²) in [5.74, 6) is 0.332. The number of amides is 2. The molecule has 2 aromatic rings. The van der Waals surface area contributed by atoms with E-state index in [-0.39, 0.29) is 17.2 Å². The Bertz CT molecular complexity index is 812. The molecule has 0 aliphatic heterocycles. The molecule has 2 N–H and O–H groups in total. The van der Waals surface area contributed by atoms with Crippen molar-refractivity contribution in [2.75, 3.05) is 53.8 Å². The maximum atomic E-state index is 12.7. The van der Waals surface area contributed by atoms with Crippen molar-refractivity contribution in [3.63, 3.8) is 0 Å². The van der Waals surface area contributed by atoms with Gasteiger partial charge in [-0.2, -0.15) is 0 Å². The number of hydrogen-bond donors (Lipinski definition) is 2. The Labute approximate surface area is 167 Å². The van der Waals surface area contributed by atoms with E-state index < -0.39 is 5.91 Å². The molecule has 9 nitrogen and oxygen atoms in total. The van der Waals surface area contributed by atoms with Crippen molar-refractivity contribution in [3.05, 3.63) is 28.8 Å². The van der Waals surface area contributed by atoms with Gasteiger partial charge in [0.2, 0.25) is 0 Å². The first-order chi connectivity index (χ1) is 13.4. The summed E-state index contributed by atoms with van der Waals surface area (Å²) >= 11 is 1.15. The van der Waals surface area contributed by atoms with Gasteiger partial charge in [0.1, 0.15) is 28.5 Å². The molecule has 0 bridgehead atoms. The lowest BCUT2D eigenvalue weighted by molar-refractivity contribution is 0.0945. The fraction of sp³-hybridized carbons (Fsp3) is 0.389. The topological polar surface area (TPSA) is 102 Å². The summed E-state index contributed by atoms with van der Waals surface area (Å²) in [5, 5.41) is 7.33. The summed E-state index contributed by atoms with van der Waals surface area (Å²) in [6.07, 6.45) is 0. The molecule has 0 saturated heterocycles. The number of nitrogens with zero attached hydrogens (tertiary/aromatic N) is 2. The molecule has 1 heterocycles. The standard InChI is InChI=1S/C18H24N4O5S/c1-22(2)7-6-19-16(23)12-10-28-18(20-12)21-17(24)15-13(26-4)8-11(25-3)9-14(15)27-5/h8-10H,6-7H2,1-5H3,(H,19,23)(H,20,21,24). The van der Waals surface area contributed by atoms with Crippen LogP contribution in [0.4, 0.5) is 5.13 Å². The Hall–Kier alpha value is -2.85. The maximum absolute atomic E-state index is 12.7. The van der Waals surface area contributed by atoms with Gasteiger partial charge in [-0.05, 0) is 14.1 Å². The number of aromatic nitrogens is 1. The molecule has 0 unspecified atom stereocenters. The van der Waals surface area contributed by atoms with E-state index >= 15 is 0 Å². The van der Waals surface area contributed by atoms with E-state index in [0.717, 1.165) is 17.9 Å². The van der Waals surface area contributed by atoms with E-state index in [0.29, 0.717) is 28.9 Å². The first-order valence-corrected chi connectivity index (χ1v) is 9.27. The molecule has 28 heavy (non-hydrogen) atoms. The zero-order valence-electron chi connectivity index (χ0n) is 16.5. The monoisotopic (exact) mass is 408 g/mol. The Morgan fingerprint density at radius 2 is 1.71 bits per heavy atom. The minimum atomic E-state index is -0.467. The van der Waals surface area contributed by atoms with Crippen LogP contribution in [-0.2, 0) is 0 Å². The maximum Gasteiger partial charge on any atom is 0.270 e. The van der Waals surface area contributed by atoms with Crippen molar-refractivity contribution in [3.8, 4) is 17.2 Å². The number of hydrogen-bond acceptors (Lipinski definition) is 8. The Morgan fingerprint density at radius 3 is 2.25 bits per heavy atom. The summed E-state index contributed by atoms with van der Waals surface area (Å²) in [5.41, 5.74) is 0.450. The van der Waals surface area contributed by atoms with Crippen LogP contribution in [0.5, 0.6) is 17.2 Å². The van der Waals surface area contributed by atoms with Crippen LogP contribution in [0.2, 0.25) is 0 Å². The molecule has 0 spiro atoms. The molecule has 1 aromatic carbocycles. The highest BCUT2D eigenvalue weighted by molar-refractivity contribution is 7.14. The van der Waals surface area contributed by atoms with E-state index in [9.17, 15) is 9.59 Å². The Balaban J connectivity index is 2.14. The van der Waals surface area contributed by atoms with Crippen LogP contribution in [0.1, 0.15) is 20.8 Å². The molecule has 10 heteroatoms. The van der Waals surface area contributed by atoms with E-state index in [1.54, 1.807) is 17.5 Å². The number of carbonyl (C=O) groups excluding carboxylic acids is 2. The summed E-state index contributed by atoms with van der Waals surface area (Å²) in [4.78, 5) is 31.0. The van der Waals surface area contributed by atoms with Crippen molar-refractivity contribution in [1.82, 2.24) is 15.2 Å². The lowest BCUT2D eigenvalue weighted by Crippen LogP contribution is -2.31. The van der Waals surface area contributed by atoms with Crippen LogP contribution in [-0.4, -0.2) is 70.2 Å². The van der Waals surface area contributed by atoms with Gasteiger partial charge in [0.05, 0.1) is 21.3 Å². The number of ether oxygens (including phenoxy) is 3. The number of rotatable bonds is 9. The fourth-order valence-electron chi connectivity index (χ4n) is 2.31. The number of methoxy groups -OCH3 is 3. The van der Waals surface area contributed by atoms with Crippen molar-refractivity contribution in [2.45, 2.75) is 0 Å². The predicted octanol–water partition coefficient (Wildman–Crippen LogP) is 1.71. The molecular formula is C18H24N4O5S. The number of nitrogens with one attached hydrogen (secondary N) is 2. The highest BCUT2D eigenvalue weighted by Gasteiger charge is 2.22. The van der Waals surface area contributed by atoms with Gasteiger partial charge in [0.15, 0.2) is 5.13 Å². The second-order valence-electron chi connectivity index (χ2n) is 5.96. The van der Waals surface area contributed by atoms with Gasteiger partial charge in [0, 0.05) is 30.6 Å². The lowest BCUT2D eigenvalue weighted by Gasteiger charge is -2.14. The van der Waals surface area contributed by atoms with Crippen LogP contribution >= 0.6 is 11.3 Å². The van der Waals surface area contributed by atoms with E-state index in [1.807, 2.05) is 19.0 Å². The van der Waals surface area contributed by atoms with Gasteiger partial charge in [-0.25, -0.2) is 4.98 Å². The van der Waals surface area contributed by atoms with Gasteiger partial charge in [0.25, 0.3) is 11.8 Å². The average Bonchev–Trinajstić information content (AvgIpc) is 3.14. The predicted molar refractivity (Wildman–Crippen MR) is 107 cm³/mol. The molecule has 0 saturated carbocycles. The normalized spacial score (nSPS) is 10.5. The van der Waals surface area contributed by atoms with Crippen molar-refractivity contribution in [1.29, 1.82) is 0 Å².